The fourth-order valence-electron chi connectivity index (χ4n) is 3.34. The van der Waals surface area contributed by atoms with Gasteiger partial charge in [0.05, 0.1) is 23.4 Å². The molecule has 2 aromatic carbocycles. The van der Waals surface area contributed by atoms with Crippen LogP contribution in [0.15, 0.2) is 67.4 Å². The molecule has 1 aromatic heterocycles. The Morgan fingerprint density at radius 2 is 1.94 bits per heavy atom. The predicted molar refractivity (Wildman–Crippen MR) is 135 cm³/mol. The zero-order valence-electron chi connectivity index (χ0n) is 19.3. The summed E-state index contributed by atoms with van der Waals surface area (Å²) >= 11 is 5.81. The van der Waals surface area contributed by atoms with Gasteiger partial charge in [-0.15, -0.1) is 0 Å². The van der Waals surface area contributed by atoms with Gasteiger partial charge in [-0.05, 0) is 41.5 Å². The fraction of sp³-hybridized carbons (Fsp3) is 0.192. The van der Waals surface area contributed by atoms with Crippen molar-refractivity contribution in [3.63, 3.8) is 0 Å². The van der Waals surface area contributed by atoms with Crippen LogP contribution in [-0.4, -0.2) is 34.8 Å². The highest BCUT2D eigenvalue weighted by molar-refractivity contribution is 6.30. The molecular weight excluding hydrogens is 457 g/mol. The number of allylic oxidation sites excluding steroid dienone is 2. The third-order valence-corrected chi connectivity index (χ3v) is 5.22. The highest BCUT2D eigenvalue weighted by Crippen LogP contribution is 2.28. The molecule has 8 heteroatoms. The second-order valence-electron chi connectivity index (χ2n) is 6.98. The molecule has 0 radical (unpaired) electrons. The average Bonchev–Trinajstić information content (AvgIpc) is 3.34. The molecule has 3 rings (SSSR count). The van der Waals surface area contributed by atoms with E-state index in [1.54, 1.807) is 43.6 Å². The third-order valence-electron chi connectivity index (χ3n) is 4.93. The van der Waals surface area contributed by atoms with E-state index in [2.05, 4.69) is 22.2 Å². The van der Waals surface area contributed by atoms with Gasteiger partial charge in [-0.25, -0.2) is 4.39 Å². The number of aromatic nitrogens is 1. The molecule has 0 saturated heterocycles. The van der Waals surface area contributed by atoms with Crippen LogP contribution in [0.3, 0.4) is 0 Å². The molecule has 1 heterocycles. The monoisotopic (exact) mass is 485 g/mol. The number of hydrogen-bond acceptors (Lipinski definition) is 4. The highest BCUT2D eigenvalue weighted by atomic mass is 35.5. The maximum atomic E-state index is 13.4. The zero-order valence-corrected chi connectivity index (χ0v) is 20.1. The average molecular weight is 486 g/mol. The van der Waals surface area contributed by atoms with E-state index in [4.69, 9.17) is 11.6 Å². The number of aromatic hydroxyl groups is 1. The van der Waals surface area contributed by atoms with Gasteiger partial charge in [-0.1, -0.05) is 56.3 Å². The number of phenolic OH excluding ortho intramolecular Hbond substituents is 1. The van der Waals surface area contributed by atoms with Crippen molar-refractivity contribution >= 4 is 28.8 Å². The lowest BCUT2D eigenvalue weighted by atomic mass is 10.0. The maximum absolute atomic E-state index is 13.4. The fourth-order valence-corrected chi connectivity index (χ4v) is 3.53. The number of carbonyl (C=O) groups is 1. The number of aliphatic hydroxyl groups is 1. The number of phenols is 1. The van der Waals surface area contributed by atoms with E-state index < -0.39 is 17.8 Å². The first kappa shape index (κ1) is 26.7. The van der Waals surface area contributed by atoms with Crippen LogP contribution in [0.5, 0.6) is 5.75 Å². The Bertz CT molecular complexity index is 1170. The van der Waals surface area contributed by atoms with E-state index in [0.29, 0.717) is 16.8 Å². The predicted octanol–water partition coefficient (Wildman–Crippen LogP) is 5.28. The lowest BCUT2D eigenvalue weighted by Crippen LogP contribution is -2.31. The lowest BCUT2D eigenvalue weighted by molar-refractivity contribution is 0.0911. The smallest absolute Gasteiger partial charge is 0.268 e. The van der Waals surface area contributed by atoms with Crippen LogP contribution in [0.4, 0.5) is 4.39 Å². The summed E-state index contributed by atoms with van der Waals surface area (Å²) in [6.07, 6.45) is 3.32. The van der Waals surface area contributed by atoms with Crippen molar-refractivity contribution in [2.24, 2.45) is 0 Å². The van der Waals surface area contributed by atoms with Crippen LogP contribution in [-0.2, 0) is 0 Å². The number of amides is 1. The lowest BCUT2D eigenvalue weighted by Gasteiger charge is -2.16. The topological polar surface area (TPSA) is 97.4 Å². The second-order valence-corrected chi connectivity index (χ2v) is 7.38. The van der Waals surface area contributed by atoms with E-state index in [0.717, 1.165) is 11.1 Å². The van der Waals surface area contributed by atoms with Gasteiger partial charge in [0, 0.05) is 24.4 Å². The zero-order chi connectivity index (χ0) is 25.3. The molecule has 1 atom stereocenters. The van der Waals surface area contributed by atoms with Crippen molar-refractivity contribution in [2.45, 2.75) is 19.9 Å². The van der Waals surface area contributed by atoms with Crippen molar-refractivity contribution < 1.29 is 19.4 Å². The number of aromatic amines is 1. The van der Waals surface area contributed by atoms with Crippen molar-refractivity contribution in [1.82, 2.24) is 15.6 Å². The van der Waals surface area contributed by atoms with E-state index in [9.17, 15) is 19.4 Å². The van der Waals surface area contributed by atoms with Gasteiger partial charge in [0.1, 0.15) is 17.3 Å². The number of carbonyl (C=O) groups excluding carboxylic acids is 1. The summed E-state index contributed by atoms with van der Waals surface area (Å²) in [5.74, 6) is -0.908. The van der Waals surface area contributed by atoms with Gasteiger partial charge in [0.15, 0.2) is 0 Å². The van der Waals surface area contributed by atoms with Gasteiger partial charge in [-0.3, -0.25) is 4.79 Å². The second kappa shape index (κ2) is 12.6. The number of rotatable bonds is 8. The van der Waals surface area contributed by atoms with Crippen molar-refractivity contribution in [3.8, 4) is 5.75 Å². The van der Waals surface area contributed by atoms with E-state index in [1.807, 2.05) is 19.9 Å². The van der Waals surface area contributed by atoms with Gasteiger partial charge >= 0.3 is 0 Å². The third kappa shape index (κ3) is 6.27. The number of hydrogen-bond donors (Lipinski definition) is 5. The summed E-state index contributed by atoms with van der Waals surface area (Å²) in [5, 5.41) is 25.2. The number of benzene rings is 2. The molecule has 0 aliphatic heterocycles. The molecule has 0 spiro atoms. The standard InChI is InChI=1S/C24H23ClFN3O3.C2H6/c1-3-18(14-5-4-6-17(31)9-14)23(27-2)16-11-21(28-12-16)24(32)29-22(13-30)15-7-8-20(26)19(25)10-15;1-2/h3-12,22,27-28,30-31H,1,13H2,2H3,(H,29,32);1-2H3/b23-18+;. The van der Waals surface area contributed by atoms with Crippen LogP contribution in [0.2, 0.25) is 5.02 Å². The van der Waals surface area contributed by atoms with Crippen molar-refractivity contribution in [2.75, 3.05) is 13.7 Å². The molecule has 6 nitrogen and oxygen atoms in total. The van der Waals surface area contributed by atoms with Crippen LogP contribution in [0.25, 0.3) is 11.3 Å². The van der Waals surface area contributed by atoms with Crippen molar-refractivity contribution in [3.05, 3.63) is 101 Å². The highest BCUT2D eigenvalue weighted by Gasteiger charge is 2.19. The number of H-pyrrole nitrogens is 1. The summed E-state index contributed by atoms with van der Waals surface area (Å²) in [7, 11) is 1.74. The summed E-state index contributed by atoms with van der Waals surface area (Å²) < 4.78 is 13.4. The molecular formula is C26H29ClFN3O3. The first-order valence-corrected chi connectivity index (χ1v) is 11.1. The maximum Gasteiger partial charge on any atom is 0.268 e. The minimum atomic E-state index is -0.761. The van der Waals surface area contributed by atoms with Crippen molar-refractivity contribution in [1.29, 1.82) is 0 Å². The quantitative estimate of drug-likeness (QED) is 0.280. The molecule has 0 aliphatic carbocycles. The molecule has 0 bridgehead atoms. The number of halogens is 2. The molecule has 1 unspecified atom stereocenters. The molecule has 5 N–H and O–H groups in total. The van der Waals surface area contributed by atoms with E-state index in [1.165, 1.54) is 18.2 Å². The van der Waals surface area contributed by atoms with E-state index in [-0.39, 0.29) is 23.1 Å². The number of nitrogens with one attached hydrogen (secondary N) is 3. The Hall–Kier alpha value is -3.55. The van der Waals surface area contributed by atoms with Crippen LogP contribution in [0.1, 0.15) is 47.1 Å². The van der Waals surface area contributed by atoms with E-state index >= 15 is 0 Å². The summed E-state index contributed by atoms with van der Waals surface area (Å²) in [6, 6.07) is 11.7. The molecule has 1 amide bonds. The normalized spacial score (nSPS) is 12.1. The Morgan fingerprint density at radius 1 is 1.21 bits per heavy atom. The largest absolute Gasteiger partial charge is 0.508 e. The summed E-state index contributed by atoms with van der Waals surface area (Å²) in [5.41, 5.74) is 3.63. The minimum Gasteiger partial charge on any atom is -0.508 e. The molecule has 0 saturated carbocycles. The van der Waals surface area contributed by atoms with Crippen LogP contribution in [0, 0.1) is 5.82 Å². The molecule has 3 aromatic rings. The summed E-state index contributed by atoms with van der Waals surface area (Å²) in [6.45, 7) is 7.48. The van der Waals surface area contributed by atoms with Gasteiger partial charge in [-0.2, -0.15) is 0 Å². The minimum absolute atomic E-state index is 0.0925. The molecule has 0 fully saturated rings. The number of aliphatic hydroxyl groups excluding tert-OH is 1. The summed E-state index contributed by atoms with van der Waals surface area (Å²) in [4.78, 5) is 15.7. The van der Waals surface area contributed by atoms with Gasteiger partial charge in [0.25, 0.3) is 5.91 Å². The molecule has 34 heavy (non-hydrogen) atoms. The first-order chi connectivity index (χ1) is 16.4. The van der Waals surface area contributed by atoms with Gasteiger partial charge in [0.2, 0.25) is 0 Å². The van der Waals surface area contributed by atoms with Gasteiger partial charge < -0.3 is 25.8 Å². The molecule has 180 valence electrons. The first-order valence-electron chi connectivity index (χ1n) is 10.8. The Labute approximate surface area is 203 Å². The van der Waals surface area contributed by atoms with Crippen LogP contribution >= 0.6 is 11.6 Å². The van der Waals surface area contributed by atoms with Crippen LogP contribution < -0.4 is 10.6 Å². The molecule has 0 aliphatic rings. The SMILES string of the molecule is C=C/C(=C(\NC)c1c[nH]c(C(=O)NC(CO)c2ccc(F)c(Cl)c2)c1)c1cccc(O)c1.CC. The Morgan fingerprint density at radius 3 is 2.53 bits per heavy atom. The Kier molecular flexibility index (Phi) is 9.92. The Balaban J connectivity index is 0.00000199.